The second kappa shape index (κ2) is 15.7. The summed E-state index contributed by atoms with van der Waals surface area (Å²) in [4.78, 5) is 14.5. The van der Waals surface area contributed by atoms with Gasteiger partial charge in [0.15, 0.2) is 0 Å². The van der Waals surface area contributed by atoms with E-state index in [0.29, 0.717) is 17.0 Å². The molecule has 0 saturated carbocycles. The Morgan fingerprint density at radius 1 is 0.481 bits per heavy atom. The van der Waals surface area contributed by atoms with Crippen molar-refractivity contribution < 1.29 is 26.2 Å². The molecule has 0 amide bonds. The summed E-state index contributed by atoms with van der Waals surface area (Å²) in [5, 5.41) is 10.9. The minimum atomic E-state index is 0. The van der Waals surface area contributed by atoms with Gasteiger partial charge < -0.3 is 14.9 Å². The number of aromatic hydroxyl groups is 1. The van der Waals surface area contributed by atoms with E-state index in [1.165, 1.54) is 0 Å². The Balaban J connectivity index is 0.00000420. The van der Waals surface area contributed by atoms with Crippen LogP contribution < -0.4 is 9.80 Å². The van der Waals surface area contributed by atoms with E-state index in [0.717, 1.165) is 50.9 Å². The van der Waals surface area contributed by atoms with Crippen molar-refractivity contribution in [2.24, 2.45) is 0 Å². The standard InChI is InChI=1S/C46H33N4O.Pt/c51-44-28-13-11-26-40(44)41-30-31-43(49(36-20-6-2-7-21-36)37-22-8-3-9-23-37)46(48-41)35-19-16-24-38(33-35)50(45-29-14-15-32-47-45)42-27-12-10-25-39(42)34-17-4-1-5-18-34;/h1-32,51H;/q-1;. The van der Waals surface area contributed by atoms with E-state index in [1.54, 1.807) is 6.07 Å². The zero-order valence-electron chi connectivity index (χ0n) is 28.0. The van der Waals surface area contributed by atoms with Gasteiger partial charge in [-0.1, -0.05) is 103 Å². The van der Waals surface area contributed by atoms with E-state index >= 15 is 0 Å². The van der Waals surface area contributed by atoms with E-state index in [9.17, 15) is 5.11 Å². The Kier molecular flexibility index (Phi) is 10.3. The molecule has 0 unspecified atom stereocenters. The smallest absolute Gasteiger partial charge is 0.136 e. The topological polar surface area (TPSA) is 52.5 Å². The van der Waals surface area contributed by atoms with Crippen molar-refractivity contribution in [1.82, 2.24) is 9.97 Å². The number of hydrogen-bond acceptors (Lipinski definition) is 5. The average Bonchev–Trinajstić information content (AvgIpc) is 3.20. The number of hydrogen-bond donors (Lipinski definition) is 1. The van der Waals surface area contributed by atoms with Crippen molar-refractivity contribution in [2.75, 3.05) is 9.80 Å². The molecule has 0 spiro atoms. The number of aromatic nitrogens is 2. The van der Waals surface area contributed by atoms with Crippen LogP contribution in [0, 0.1) is 6.07 Å². The molecule has 0 atom stereocenters. The maximum Gasteiger partial charge on any atom is 0.136 e. The number of phenolic OH excluding ortho intramolecular Hbond substituents is 1. The average molecular weight is 853 g/mol. The van der Waals surface area contributed by atoms with Gasteiger partial charge in [0.25, 0.3) is 0 Å². The van der Waals surface area contributed by atoms with Crippen molar-refractivity contribution in [3.05, 3.63) is 200 Å². The van der Waals surface area contributed by atoms with Gasteiger partial charge in [-0.15, -0.1) is 29.8 Å². The Bertz CT molecular complexity index is 2350. The third-order valence-corrected chi connectivity index (χ3v) is 8.71. The summed E-state index contributed by atoms with van der Waals surface area (Å²) in [5.41, 5.74) is 9.61. The molecular weight excluding hydrogens is 820 g/mol. The predicted molar refractivity (Wildman–Crippen MR) is 208 cm³/mol. The van der Waals surface area contributed by atoms with Crippen molar-refractivity contribution in [3.63, 3.8) is 0 Å². The van der Waals surface area contributed by atoms with Crippen LogP contribution in [0.4, 0.5) is 34.3 Å². The Morgan fingerprint density at radius 2 is 1.10 bits per heavy atom. The van der Waals surface area contributed by atoms with Crippen LogP contribution in [0.1, 0.15) is 0 Å². The van der Waals surface area contributed by atoms with Crippen molar-refractivity contribution in [3.8, 4) is 39.4 Å². The van der Waals surface area contributed by atoms with Gasteiger partial charge in [-0.05, 0) is 78.0 Å². The van der Waals surface area contributed by atoms with Gasteiger partial charge in [0.2, 0.25) is 0 Å². The number of anilines is 6. The second-order valence-electron chi connectivity index (χ2n) is 11.9. The third kappa shape index (κ3) is 7.00. The molecule has 0 fully saturated rings. The van der Waals surface area contributed by atoms with E-state index in [1.807, 2.05) is 103 Å². The molecule has 52 heavy (non-hydrogen) atoms. The minimum Gasteiger partial charge on any atom is -0.507 e. The maximum absolute atomic E-state index is 10.9. The van der Waals surface area contributed by atoms with Gasteiger partial charge in [0.1, 0.15) is 11.6 Å². The maximum atomic E-state index is 10.9. The van der Waals surface area contributed by atoms with Gasteiger partial charge in [-0.25, -0.2) is 4.98 Å². The van der Waals surface area contributed by atoms with Crippen molar-refractivity contribution in [2.45, 2.75) is 0 Å². The summed E-state index contributed by atoms with van der Waals surface area (Å²) in [5.74, 6) is 0.934. The molecule has 0 saturated heterocycles. The fourth-order valence-corrected chi connectivity index (χ4v) is 6.37. The molecule has 8 rings (SSSR count). The number of nitrogens with zero attached hydrogens (tertiary/aromatic N) is 4. The van der Waals surface area contributed by atoms with Crippen LogP contribution in [-0.4, -0.2) is 15.1 Å². The van der Waals surface area contributed by atoms with Crippen LogP contribution in [0.3, 0.4) is 0 Å². The number of phenols is 1. The number of pyridine rings is 2. The largest absolute Gasteiger partial charge is 0.507 e. The molecule has 0 aliphatic rings. The van der Waals surface area contributed by atoms with E-state index in [4.69, 9.17) is 9.97 Å². The number of rotatable bonds is 9. The summed E-state index contributed by atoms with van der Waals surface area (Å²) in [6, 6.07) is 66.5. The quantitative estimate of drug-likeness (QED) is 0.147. The van der Waals surface area contributed by atoms with Gasteiger partial charge >= 0.3 is 0 Å². The Labute approximate surface area is 318 Å². The first-order chi connectivity index (χ1) is 25.2. The van der Waals surface area contributed by atoms with Crippen LogP contribution in [0.15, 0.2) is 194 Å². The number of para-hydroxylation sites is 4. The molecular formula is C46H33N4OPt-. The summed E-state index contributed by atoms with van der Waals surface area (Å²) in [6.07, 6.45) is 1.81. The van der Waals surface area contributed by atoms with Crippen molar-refractivity contribution >= 4 is 34.3 Å². The first-order valence-electron chi connectivity index (χ1n) is 16.8. The van der Waals surface area contributed by atoms with Crippen LogP contribution in [0.25, 0.3) is 33.6 Å². The van der Waals surface area contributed by atoms with E-state index in [2.05, 4.69) is 101 Å². The van der Waals surface area contributed by atoms with E-state index in [-0.39, 0.29) is 26.8 Å². The zero-order valence-corrected chi connectivity index (χ0v) is 30.3. The second-order valence-corrected chi connectivity index (χ2v) is 11.9. The molecule has 254 valence electrons. The molecule has 0 aliphatic carbocycles. The molecule has 6 aromatic carbocycles. The molecule has 0 bridgehead atoms. The van der Waals surface area contributed by atoms with Crippen LogP contribution in [0.5, 0.6) is 5.75 Å². The predicted octanol–water partition coefficient (Wildman–Crippen LogP) is 11.9. The Morgan fingerprint density at radius 3 is 1.77 bits per heavy atom. The van der Waals surface area contributed by atoms with Gasteiger partial charge in [0.05, 0.1) is 11.4 Å². The summed E-state index contributed by atoms with van der Waals surface area (Å²) in [6.45, 7) is 0. The molecule has 8 aromatic rings. The first-order valence-corrected chi connectivity index (χ1v) is 16.8. The molecule has 0 radical (unpaired) electrons. The molecule has 0 aliphatic heterocycles. The monoisotopic (exact) mass is 852 g/mol. The zero-order chi connectivity index (χ0) is 34.4. The molecule has 1 N–H and O–H groups in total. The van der Waals surface area contributed by atoms with Crippen LogP contribution in [0.2, 0.25) is 0 Å². The van der Waals surface area contributed by atoms with Crippen molar-refractivity contribution in [1.29, 1.82) is 0 Å². The molecule has 5 nitrogen and oxygen atoms in total. The van der Waals surface area contributed by atoms with E-state index < -0.39 is 0 Å². The summed E-state index contributed by atoms with van der Waals surface area (Å²) >= 11 is 0. The normalized spacial score (nSPS) is 10.6. The molecule has 6 heteroatoms. The number of benzene rings is 6. The summed E-state index contributed by atoms with van der Waals surface area (Å²) < 4.78 is 0. The minimum absolute atomic E-state index is 0. The van der Waals surface area contributed by atoms with Gasteiger partial charge in [0, 0.05) is 61.1 Å². The van der Waals surface area contributed by atoms with Crippen LogP contribution >= 0.6 is 0 Å². The summed E-state index contributed by atoms with van der Waals surface area (Å²) in [7, 11) is 0. The molecule has 2 heterocycles. The Hall–Kier alpha value is -6.29. The first kappa shape index (κ1) is 34.2. The fourth-order valence-electron chi connectivity index (χ4n) is 6.37. The fraction of sp³-hybridized carbons (Fsp3) is 0. The van der Waals surface area contributed by atoms with Gasteiger partial charge in [-0.3, -0.25) is 4.98 Å². The SMILES string of the molecule is Oc1ccccc1-c1ccc(N(c2ccccc2)c2ccccc2)c(-c2[c-]c(N(c3ccccn3)c3ccccc3-c3ccccc3)ccc2)n1.[Pt]. The third-order valence-electron chi connectivity index (χ3n) is 8.71. The van der Waals surface area contributed by atoms with Gasteiger partial charge in [-0.2, -0.15) is 0 Å². The van der Waals surface area contributed by atoms with Crippen LogP contribution in [-0.2, 0) is 21.1 Å². The molecule has 2 aromatic heterocycles.